The predicted octanol–water partition coefficient (Wildman–Crippen LogP) is 2.57. The Bertz CT molecular complexity index is 1010. The van der Waals surface area contributed by atoms with Crippen molar-refractivity contribution in [2.24, 2.45) is 0 Å². The van der Waals surface area contributed by atoms with Gasteiger partial charge in [-0.3, -0.25) is 24.5 Å². The Kier molecular flexibility index (Phi) is 9.20. The van der Waals surface area contributed by atoms with Gasteiger partial charge in [0, 0.05) is 36.3 Å². The zero-order valence-corrected chi connectivity index (χ0v) is 19.0. The molecule has 192 valence electrons. The molecule has 0 radical (unpaired) electrons. The van der Waals surface area contributed by atoms with Crippen LogP contribution >= 0.6 is 0 Å². The number of nitrogens with zero attached hydrogens (tertiary/aromatic N) is 1. The van der Waals surface area contributed by atoms with Gasteiger partial charge in [0.15, 0.2) is 0 Å². The van der Waals surface area contributed by atoms with Crippen LogP contribution in [-0.4, -0.2) is 51.8 Å². The third-order valence-electron chi connectivity index (χ3n) is 5.51. The van der Waals surface area contributed by atoms with E-state index in [4.69, 9.17) is 15.6 Å². The second-order valence-corrected chi connectivity index (χ2v) is 8.12. The van der Waals surface area contributed by atoms with Crippen molar-refractivity contribution < 1.29 is 42.3 Å². The van der Waals surface area contributed by atoms with Crippen molar-refractivity contribution in [1.29, 1.82) is 0 Å². The summed E-state index contributed by atoms with van der Waals surface area (Å²) in [6, 6.07) is 2.58. The van der Waals surface area contributed by atoms with Crippen molar-refractivity contribution in [3.05, 3.63) is 23.3 Å². The fraction of sp³-hybridized carbons (Fsp3) is 0.500. The molecule has 1 atom stereocenters. The lowest BCUT2D eigenvalue weighted by atomic mass is 10.0. The number of carboxylic acids is 1. The van der Waals surface area contributed by atoms with Gasteiger partial charge >= 0.3 is 12.1 Å². The second-order valence-electron chi connectivity index (χ2n) is 8.12. The summed E-state index contributed by atoms with van der Waals surface area (Å²) in [6.45, 7) is 2.29. The summed E-state index contributed by atoms with van der Waals surface area (Å²) in [7, 11) is 0. The zero-order chi connectivity index (χ0) is 26.3. The molecule has 4 amide bonds. The van der Waals surface area contributed by atoms with E-state index in [1.54, 1.807) is 12.1 Å². The molecule has 1 unspecified atom stereocenters. The molecule has 3 rings (SSSR count). The van der Waals surface area contributed by atoms with Crippen LogP contribution in [0.15, 0.2) is 12.1 Å². The van der Waals surface area contributed by atoms with Crippen LogP contribution in [0.3, 0.4) is 0 Å². The summed E-state index contributed by atoms with van der Waals surface area (Å²) in [5.74, 6) is -4.01. The highest BCUT2D eigenvalue weighted by atomic mass is 19.4. The van der Waals surface area contributed by atoms with E-state index in [-0.39, 0.29) is 37.1 Å². The van der Waals surface area contributed by atoms with E-state index in [0.717, 1.165) is 25.7 Å². The number of unbranched alkanes of at least 4 members (excludes halogenated alkanes) is 3. The maximum Gasteiger partial charge on any atom is 0.490 e. The third-order valence-corrected chi connectivity index (χ3v) is 5.51. The van der Waals surface area contributed by atoms with Gasteiger partial charge in [0.05, 0.1) is 5.56 Å². The van der Waals surface area contributed by atoms with Crippen LogP contribution in [0.4, 0.5) is 24.5 Å². The minimum absolute atomic E-state index is 0.102. The van der Waals surface area contributed by atoms with Crippen molar-refractivity contribution in [3.63, 3.8) is 0 Å². The van der Waals surface area contributed by atoms with Gasteiger partial charge < -0.3 is 21.1 Å². The number of nitrogen functional groups attached to an aromatic ring is 1. The minimum atomic E-state index is -5.08. The molecule has 0 aliphatic carbocycles. The normalized spacial score (nSPS) is 17.3. The van der Waals surface area contributed by atoms with Gasteiger partial charge in [0.25, 0.3) is 5.91 Å². The molecule has 5 N–H and O–H groups in total. The maximum atomic E-state index is 12.9. The Morgan fingerprint density at radius 2 is 1.86 bits per heavy atom. The maximum absolute atomic E-state index is 12.9. The fourth-order valence-electron chi connectivity index (χ4n) is 3.74. The lowest BCUT2D eigenvalue weighted by molar-refractivity contribution is -0.192. The molecule has 1 aromatic rings. The van der Waals surface area contributed by atoms with E-state index in [1.165, 1.54) is 4.90 Å². The van der Waals surface area contributed by atoms with Crippen LogP contribution in [0.25, 0.3) is 0 Å². The summed E-state index contributed by atoms with van der Waals surface area (Å²) in [5, 5.41) is 12.3. The molecule has 1 fully saturated rings. The molecule has 0 saturated carbocycles. The summed E-state index contributed by atoms with van der Waals surface area (Å²) < 4.78 is 31.7. The molecule has 0 bridgehead atoms. The number of carbonyl (C=O) groups excluding carboxylic acids is 4. The van der Waals surface area contributed by atoms with Crippen LogP contribution in [0.2, 0.25) is 0 Å². The monoisotopic (exact) mass is 500 g/mol. The standard InChI is InChI=1S/C20H26N4O4.C2HF3O2/c1-2-3-4-5-6-16(25)22-14-8-7-13(21)18-12(14)11-24(20(18)28)15-9-10-17(26)23-19(15)27;3-2(4,5)1(6)7/h7-8,15H,2-6,9-11,21H2,1H3,(H,22,25)(H,23,26,27);(H,6,7). The highest BCUT2D eigenvalue weighted by Crippen LogP contribution is 2.35. The average molecular weight is 500 g/mol. The number of fused-ring (bicyclic) bond motifs is 1. The number of rotatable bonds is 7. The lowest BCUT2D eigenvalue weighted by Crippen LogP contribution is -2.52. The molecule has 0 spiro atoms. The molecule has 10 nitrogen and oxygen atoms in total. The molecule has 13 heteroatoms. The smallest absolute Gasteiger partial charge is 0.475 e. The number of halogens is 3. The summed E-state index contributed by atoms with van der Waals surface area (Å²) in [5.41, 5.74) is 7.82. The van der Waals surface area contributed by atoms with Crippen LogP contribution < -0.4 is 16.4 Å². The quantitative estimate of drug-likeness (QED) is 0.254. The van der Waals surface area contributed by atoms with Crippen LogP contribution in [0.5, 0.6) is 0 Å². The third kappa shape index (κ3) is 7.17. The number of alkyl halides is 3. The van der Waals surface area contributed by atoms with Gasteiger partial charge in [0.1, 0.15) is 6.04 Å². The molecule has 35 heavy (non-hydrogen) atoms. The number of amides is 4. The molecule has 2 aliphatic heterocycles. The number of carbonyl (C=O) groups is 5. The van der Waals surface area contributed by atoms with Gasteiger partial charge in [-0.15, -0.1) is 0 Å². The largest absolute Gasteiger partial charge is 0.490 e. The van der Waals surface area contributed by atoms with Crippen molar-refractivity contribution in [2.75, 3.05) is 11.1 Å². The van der Waals surface area contributed by atoms with Crippen molar-refractivity contribution >= 4 is 41.0 Å². The van der Waals surface area contributed by atoms with E-state index in [1.807, 2.05) is 0 Å². The Morgan fingerprint density at radius 3 is 2.43 bits per heavy atom. The molecule has 0 aromatic heterocycles. The number of piperidine rings is 1. The first kappa shape index (κ1) is 27.6. The van der Waals surface area contributed by atoms with Crippen LogP contribution in [0.1, 0.15) is 67.8 Å². The average Bonchev–Trinajstić information content (AvgIpc) is 3.11. The second kappa shape index (κ2) is 11.7. The SMILES string of the molecule is CCCCCCC(=O)Nc1ccc(N)c2c1CN(C1CCC(=O)NC1=O)C2=O.O=C(O)C(F)(F)F. The number of anilines is 2. The molecule has 2 heterocycles. The van der Waals surface area contributed by atoms with E-state index in [2.05, 4.69) is 17.6 Å². The Hall–Kier alpha value is -3.64. The van der Waals surface area contributed by atoms with Crippen molar-refractivity contribution in [1.82, 2.24) is 10.2 Å². The number of benzene rings is 1. The number of imide groups is 1. The molecule has 1 saturated heterocycles. The van der Waals surface area contributed by atoms with E-state index in [0.29, 0.717) is 28.9 Å². The lowest BCUT2D eigenvalue weighted by Gasteiger charge is -2.29. The Morgan fingerprint density at radius 1 is 1.20 bits per heavy atom. The predicted molar refractivity (Wildman–Crippen MR) is 118 cm³/mol. The van der Waals surface area contributed by atoms with Crippen molar-refractivity contribution in [2.45, 2.75) is 70.6 Å². The van der Waals surface area contributed by atoms with Gasteiger partial charge in [0.2, 0.25) is 17.7 Å². The number of hydrogen-bond donors (Lipinski definition) is 4. The first-order chi connectivity index (χ1) is 16.4. The van der Waals surface area contributed by atoms with Gasteiger partial charge in [-0.05, 0) is 25.0 Å². The highest BCUT2D eigenvalue weighted by Gasteiger charge is 2.41. The van der Waals surface area contributed by atoms with Gasteiger partial charge in [-0.2, -0.15) is 13.2 Å². The molecule has 1 aromatic carbocycles. The first-order valence-electron chi connectivity index (χ1n) is 11.0. The van der Waals surface area contributed by atoms with E-state index < -0.39 is 24.1 Å². The first-order valence-corrected chi connectivity index (χ1v) is 11.0. The van der Waals surface area contributed by atoms with E-state index >= 15 is 0 Å². The molecule has 2 aliphatic rings. The topological polar surface area (TPSA) is 159 Å². The fourth-order valence-corrected chi connectivity index (χ4v) is 3.74. The van der Waals surface area contributed by atoms with Gasteiger partial charge in [-0.1, -0.05) is 26.2 Å². The number of nitrogens with two attached hydrogens (primary N) is 1. The van der Waals surface area contributed by atoms with Crippen molar-refractivity contribution in [3.8, 4) is 0 Å². The van der Waals surface area contributed by atoms with Crippen LogP contribution in [-0.2, 0) is 25.7 Å². The van der Waals surface area contributed by atoms with E-state index in [9.17, 15) is 32.3 Å². The van der Waals surface area contributed by atoms with Crippen LogP contribution in [0, 0.1) is 0 Å². The number of hydrogen-bond acceptors (Lipinski definition) is 6. The summed E-state index contributed by atoms with van der Waals surface area (Å²) in [6.07, 6.45) is -0.171. The number of carboxylic acid groups (broad SMARTS) is 1. The summed E-state index contributed by atoms with van der Waals surface area (Å²) in [4.78, 5) is 59.1. The minimum Gasteiger partial charge on any atom is -0.475 e. The number of nitrogens with one attached hydrogen (secondary N) is 2. The molecular weight excluding hydrogens is 473 g/mol. The summed E-state index contributed by atoms with van der Waals surface area (Å²) >= 11 is 0. The Labute approximate surface area is 199 Å². The number of aliphatic carboxylic acids is 1. The zero-order valence-electron chi connectivity index (χ0n) is 19.0. The Balaban J connectivity index is 0.000000540. The van der Waals surface area contributed by atoms with Gasteiger partial charge in [-0.25, -0.2) is 4.79 Å². The highest BCUT2D eigenvalue weighted by molar-refractivity contribution is 6.09. The molecular formula is C22H27F3N4O6.